The van der Waals surface area contributed by atoms with Gasteiger partial charge in [-0.15, -0.1) is 0 Å². The van der Waals surface area contributed by atoms with E-state index in [-0.39, 0.29) is 12.1 Å². The monoisotopic (exact) mass is 244 g/mol. The van der Waals surface area contributed by atoms with Crippen LogP contribution in [0.1, 0.15) is 26.2 Å². The molecule has 1 heterocycles. The van der Waals surface area contributed by atoms with Gasteiger partial charge >= 0.3 is 12.0 Å². The Balaban J connectivity index is 2.10. The van der Waals surface area contributed by atoms with E-state index >= 15 is 0 Å². The van der Waals surface area contributed by atoms with Crippen molar-refractivity contribution in [3.05, 3.63) is 0 Å². The quantitative estimate of drug-likeness (QED) is 0.660. The maximum absolute atomic E-state index is 11.4. The molecule has 0 radical (unpaired) electrons. The zero-order valence-corrected chi connectivity index (χ0v) is 10.1. The highest BCUT2D eigenvalue weighted by atomic mass is 16.5. The molecule has 98 valence electrons. The molecule has 0 aromatic carbocycles. The van der Waals surface area contributed by atoms with E-state index in [2.05, 4.69) is 10.6 Å². The van der Waals surface area contributed by atoms with Crippen molar-refractivity contribution >= 4 is 12.0 Å². The number of amides is 2. The van der Waals surface area contributed by atoms with Gasteiger partial charge in [0.25, 0.3) is 0 Å². The zero-order valence-electron chi connectivity index (χ0n) is 10.1. The number of rotatable bonds is 5. The van der Waals surface area contributed by atoms with E-state index in [1.165, 1.54) is 0 Å². The Morgan fingerprint density at radius 2 is 2.29 bits per heavy atom. The molecule has 2 unspecified atom stereocenters. The predicted molar refractivity (Wildman–Crippen MR) is 61.8 cm³/mol. The fraction of sp³-hybridized carbons (Fsp3) is 0.818. The van der Waals surface area contributed by atoms with Crippen LogP contribution in [-0.2, 0) is 9.53 Å². The molecule has 0 aromatic heterocycles. The van der Waals surface area contributed by atoms with Gasteiger partial charge in [-0.3, -0.25) is 4.79 Å². The molecule has 6 nitrogen and oxygen atoms in total. The van der Waals surface area contributed by atoms with Crippen LogP contribution in [0.15, 0.2) is 0 Å². The van der Waals surface area contributed by atoms with Crippen molar-refractivity contribution in [1.29, 1.82) is 0 Å². The van der Waals surface area contributed by atoms with Gasteiger partial charge in [0, 0.05) is 13.2 Å². The number of carbonyl (C=O) groups is 2. The van der Waals surface area contributed by atoms with Crippen LogP contribution in [0.3, 0.4) is 0 Å². The van der Waals surface area contributed by atoms with Crippen LogP contribution >= 0.6 is 0 Å². The summed E-state index contributed by atoms with van der Waals surface area (Å²) >= 11 is 0. The molecule has 1 saturated heterocycles. The van der Waals surface area contributed by atoms with Crippen molar-refractivity contribution in [1.82, 2.24) is 10.6 Å². The molecule has 1 fully saturated rings. The zero-order chi connectivity index (χ0) is 12.7. The lowest BCUT2D eigenvalue weighted by molar-refractivity contribution is -0.141. The van der Waals surface area contributed by atoms with Gasteiger partial charge < -0.3 is 20.5 Å². The third kappa shape index (κ3) is 5.53. The van der Waals surface area contributed by atoms with Gasteiger partial charge in [-0.05, 0) is 19.3 Å². The maximum Gasteiger partial charge on any atom is 0.315 e. The molecular weight excluding hydrogens is 224 g/mol. The molecule has 17 heavy (non-hydrogen) atoms. The molecule has 0 aliphatic carbocycles. The Kier molecular flexibility index (Phi) is 5.76. The van der Waals surface area contributed by atoms with E-state index < -0.39 is 11.9 Å². The van der Waals surface area contributed by atoms with Crippen LogP contribution in [0, 0.1) is 5.92 Å². The summed E-state index contributed by atoms with van der Waals surface area (Å²) in [4.78, 5) is 22.0. The molecule has 6 heteroatoms. The first-order valence-electron chi connectivity index (χ1n) is 5.94. The van der Waals surface area contributed by atoms with Crippen molar-refractivity contribution < 1.29 is 19.4 Å². The number of nitrogens with one attached hydrogen (secondary N) is 2. The summed E-state index contributed by atoms with van der Waals surface area (Å²) in [6.07, 6.45) is 2.32. The number of carboxylic acid groups (broad SMARTS) is 1. The second kappa shape index (κ2) is 7.11. The molecule has 0 spiro atoms. The van der Waals surface area contributed by atoms with Crippen LogP contribution in [0.2, 0.25) is 0 Å². The molecule has 2 amide bonds. The number of aliphatic carboxylic acids is 1. The molecule has 0 aromatic rings. The van der Waals surface area contributed by atoms with Gasteiger partial charge in [0.2, 0.25) is 0 Å². The highest BCUT2D eigenvalue weighted by Gasteiger charge is 2.16. The molecule has 0 bridgehead atoms. The van der Waals surface area contributed by atoms with Gasteiger partial charge in [0.05, 0.1) is 18.6 Å². The van der Waals surface area contributed by atoms with Crippen LogP contribution in [-0.4, -0.2) is 42.9 Å². The molecule has 1 aliphatic rings. The lowest BCUT2D eigenvalue weighted by Gasteiger charge is -2.23. The average Bonchev–Trinajstić information content (AvgIpc) is 2.30. The Hall–Kier alpha value is -1.30. The Bertz CT molecular complexity index is 264. The molecule has 2 atom stereocenters. The van der Waals surface area contributed by atoms with Gasteiger partial charge in [0.15, 0.2) is 0 Å². The van der Waals surface area contributed by atoms with Gasteiger partial charge in [-0.1, -0.05) is 6.92 Å². The second-order valence-electron chi connectivity index (χ2n) is 4.34. The highest BCUT2D eigenvalue weighted by molar-refractivity contribution is 5.74. The average molecular weight is 244 g/mol. The van der Waals surface area contributed by atoms with E-state index in [0.717, 1.165) is 19.4 Å². The van der Waals surface area contributed by atoms with Gasteiger partial charge in [0.1, 0.15) is 0 Å². The summed E-state index contributed by atoms with van der Waals surface area (Å²) in [5.41, 5.74) is 0. The van der Waals surface area contributed by atoms with E-state index in [9.17, 15) is 9.59 Å². The third-order valence-electron chi connectivity index (χ3n) is 2.78. The van der Waals surface area contributed by atoms with Crippen molar-refractivity contribution in [3.63, 3.8) is 0 Å². The maximum atomic E-state index is 11.4. The fourth-order valence-electron chi connectivity index (χ4n) is 1.62. The van der Waals surface area contributed by atoms with Crippen LogP contribution < -0.4 is 10.6 Å². The SMILES string of the molecule is CC(CCNC(=O)NC1CCCOC1)C(=O)O. The van der Waals surface area contributed by atoms with Crippen molar-refractivity contribution in [3.8, 4) is 0 Å². The Morgan fingerprint density at radius 1 is 1.53 bits per heavy atom. The summed E-state index contributed by atoms with van der Waals surface area (Å²) in [6, 6.07) is -0.182. The minimum Gasteiger partial charge on any atom is -0.481 e. The predicted octanol–water partition coefficient (Wildman–Crippen LogP) is 0.575. The minimum atomic E-state index is -0.840. The molecule has 1 aliphatic heterocycles. The summed E-state index contributed by atoms with van der Waals surface area (Å²) in [5, 5.41) is 14.1. The molecule has 3 N–H and O–H groups in total. The lowest BCUT2D eigenvalue weighted by atomic mass is 10.1. The van der Waals surface area contributed by atoms with E-state index in [4.69, 9.17) is 9.84 Å². The van der Waals surface area contributed by atoms with Crippen LogP contribution in [0.4, 0.5) is 4.79 Å². The van der Waals surface area contributed by atoms with Gasteiger partial charge in [-0.25, -0.2) is 4.79 Å². The fourth-order valence-corrected chi connectivity index (χ4v) is 1.62. The number of ether oxygens (including phenoxy) is 1. The first-order chi connectivity index (χ1) is 8.09. The number of carbonyl (C=O) groups excluding carboxylic acids is 1. The number of carboxylic acids is 1. The third-order valence-corrected chi connectivity index (χ3v) is 2.78. The molecular formula is C11H20N2O4. The first kappa shape index (κ1) is 13.8. The lowest BCUT2D eigenvalue weighted by Crippen LogP contribution is -2.46. The van der Waals surface area contributed by atoms with Gasteiger partial charge in [-0.2, -0.15) is 0 Å². The summed E-state index contributed by atoms with van der Waals surface area (Å²) in [5.74, 6) is -1.28. The van der Waals surface area contributed by atoms with Crippen LogP contribution in [0.25, 0.3) is 0 Å². The van der Waals surface area contributed by atoms with Crippen LogP contribution in [0.5, 0.6) is 0 Å². The summed E-state index contributed by atoms with van der Waals surface area (Å²) < 4.78 is 5.24. The molecule has 1 rings (SSSR count). The summed E-state index contributed by atoms with van der Waals surface area (Å²) in [7, 11) is 0. The minimum absolute atomic E-state index is 0.0700. The van der Waals surface area contributed by atoms with E-state index in [1.54, 1.807) is 6.92 Å². The Labute approximate surface area is 101 Å². The summed E-state index contributed by atoms with van der Waals surface area (Å²) in [6.45, 7) is 3.30. The van der Waals surface area contributed by atoms with Crippen molar-refractivity contribution in [2.24, 2.45) is 5.92 Å². The van der Waals surface area contributed by atoms with E-state index in [0.29, 0.717) is 19.6 Å². The van der Waals surface area contributed by atoms with Crippen molar-refractivity contribution in [2.75, 3.05) is 19.8 Å². The first-order valence-corrected chi connectivity index (χ1v) is 5.94. The topological polar surface area (TPSA) is 87.7 Å². The molecule has 0 saturated carbocycles. The standard InChI is InChI=1S/C11H20N2O4/c1-8(10(14)15)4-5-12-11(16)13-9-3-2-6-17-7-9/h8-9H,2-7H2,1H3,(H,14,15)(H2,12,13,16). The largest absolute Gasteiger partial charge is 0.481 e. The van der Waals surface area contributed by atoms with Crippen molar-refractivity contribution in [2.45, 2.75) is 32.2 Å². The number of hydrogen-bond acceptors (Lipinski definition) is 3. The smallest absolute Gasteiger partial charge is 0.315 e. The number of hydrogen-bond donors (Lipinski definition) is 3. The van der Waals surface area contributed by atoms with E-state index in [1.807, 2.05) is 0 Å². The highest BCUT2D eigenvalue weighted by Crippen LogP contribution is 2.05. The normalized spacial score (nSPS) is 21.6. The Morgan fingerprint density at radius 3 is 2.88 bits per heavy atom. The second-order valence-corrected chi connectivity index (χ2v) is 4.34. The number of urea groups is 1.